The molecule has 0 aromatic heterocycles. The highest BCUT2D eigenvalue weighted by molar-refractivity contribution is 5.90. The fourth-order valence-corrected chi connectivity index (χ4v) is 0.827. The summed E-state index contributed by atoms with van der Waals surface area (Å²) in [6, 6.07) is 0. The summed E-state index contributed by atoms with van der Waals surface area (Å²) in [6.45, 7) is 0.705. The van der Waals surface area contributed by atoms with E-state index in [1.165, 1.54) is 0 Å². The zero-order valence-electron chi connectivity index (χ0n) is 9.18. The Kier molecular flexibility index (Phi) is 4.45. The van der Waals surface area contributed by atoms with E-state index in [0.29, 0.717) is 13.8 Å². The topological polar surface area (TPSA) is 66.4 Å². The molecule has 0 atom stereocenters. The van der Waals surface area contributed by atoms with Gasteiger partial charge in [-0.05, 0) is 19.9 Å². The SMILES string of the molecule is CC(C)(OC(=O)/C=C/C(=O)[O-])C(F)(F)C(F)(F)F. The molecule has 0 amide bonds. The third-order valence-corrected chi connectivity index (χ3v) is 1.82. The van der Waals surface area contributed by atoms with Gasteiger partial charge >= 0.3 is 18.1 Å². The maximum absolute atomic E-state index is 12.9. The number of hydrogen-bond donors (Lipinski definition) is 0. The minimum atomic E-state index is -5.91. The van der Waals surface area contributed by atoms with Gasteiger partial charge in [-0.2, -0.15) is 22.0 Å². The Morgan fingerprint density at radius 2 is 1.50 bits per heavy atom. The lowest BCUT2D eigenvalue weighted by molar-refractivity contribution is -0.335. The predicted octanol–water partition coefficient (Wildman–Crippen LogP) is 0.812. The number of carboxylic acids is 1. The number of hydrogen-bond acceptors (Lipinski definition) is 4. The number of alkyl halides is 5. The van der Waals surface area contributed by atoms with Crippen LogP contribution in [0.25, 0.3) is 0 Å². The lowest BCUT2D eigenvalue weighted by Gasteiger charge is -2.34. The van der Waals surface area contributed by atoms with Crippen molar-refractivity contribution in [2.24, 2.45) is 0 Å². The molecule has 0 saturated heterocycles. The van der Waals surface area contributed by atoms with E-state index in [1.54, 1.807) is 0 Å². The number of rotatable bonds is 4. The van der Waals surface area contributed by atoms with Gasteiger partial charge in [-0.3, -0.25) is 0 Å². The van der Waals surface area contributed by atoms with E-state index >= 15 is 0 Å². The standard InChI is InChI=1S/C9H9F5O4/c1-7(2,8(10,11)9(12,13)14)18-6(17)4-3-5(15)16/h3-4H,1-2H3,(H,15,16)/p-1/b4-3+. The summed E-state index contributed by atoms with van der Waals surface area (Å²) in [5.41, 5.74) is -3.18. The van der Waals surface area contributed by atoms with Crippen molar-refractivity contribution < 1.29 is 41.4 Å². The zero-order valence-corrected chi connectivity index (χ0v) is 9.18. The molecule has 104 valence electrons. The quantitative estimate of drug-likeness (QED) is 0.432. The lowest BCUT2D eigenvalue weighted by atomic mass is 10.00. The molecule has 18 heavy (non-hydrogen) atoms. The van der Waals surface area contributed by atoms with Gasteiger partial charge in [-0.15, -0.1) is 0 Å². The number of halogens is 5. The van der Waals surface area contributed by atoms with Crippen LogP contribution in [0.3, 0.4) is 0 Å². The molecule has 0 aliphatic carbocycles. The van der Waals surface area contributed by atoms with E-state index < -0.39 is 29.6 Å². The van der Waals surface area contributed by atoms with Gasteiger partial charge in [-0.25, -0.2) is 4.79 Å². The first-order chi connectivity index (χ1) is 7.81. The van der Waals surface area contributed by atoms with E-state index in [2.05, 4.69) is 4.74 Å². The molecule has 4 nitrogen and oxygen atoms in total. The Labute approximate surface area is 98.0 Å². The number of esters is 1. The molecule has 0 unspecified atom stereocenters. The molecule has 0 saturated carbocycles. The van der Waals surface area contributed by atoms with Crippen LogP contribution in [0.2, 0.25) is 0 Å². The molecule has 0 aromatic carbocycles. The van der Waals surface area contributed by atoms with Crippen molar-refractivity contribution in [3.63, 3.8) is 0 Å². The second-order valence-corrected chi connectivity index (χ2v) is 3.66. The minimum absolute atomic E-state index is 0.143. The van der Waals surface area contributed by atoms with E-state index in [9.17, 15) is 36.6 Å². The summed E-state index contributed by atoms with van der Waals surface area (Å²) in [5, 5.41) is 9.89. The van der Waals surface area contributed by atoms with Crippen LogP contribution in [0.1, 0.15) is 13.8 Å². The van der Waals surface area contributed by atoms with Gasteiger partial charge < -0.3 is 14.6 Å². The fraction of sp³-hybridized carbons (Fsp3) is 0.556. The fourth-order valence-electron chi connectivity index (χ4n) is 0.827. The molecule has 0 fully saturated rings. The van der Waals surface area contributed by atoms with Gasteiger partial charge in [0.1, 0.15) is 0 Å². The van der Waals surface area contributed by atoms with Gasteiger partial charge in [0.05, 0.1) is 5.97 Å². The van der Waals surface area contributed by atoms with Crippen LogP contribution in [-0.2, 0) is 14.3 Å². The van der Waals surface area contributed by atoms with Crippen molar-refractivity contribution in [3.8, 4) is 0 Å². The molecular formula is C9H8F5O4-. The highest BCUT2D eigenvalue weighted by atomic mass is 19.4. The van der Waals surface area contributed by atoms with Crippen LogP contribution in [0.15, 0.2) is 12.2 Å². The summed E-state index contributed by atoms with van der Waals surface area (Å²) >= 11 is 0. The average Bonchev–Trinajstić information content (AvgIpc) is 2.11. The van der Waals surface area contributed by atoms with Crippen molar-refractivity contribution in [1.29, 1.82) is 0 Å². The van der Waals surface area contributed by atoms with E-state index in [1.807, 2.05) is 0 Å². The van der Waals surface area contributed by atoms with Crippen LogP contribution >= 0.6 is 0 Å². The molecule has 0 aliphatic heterocycles. The first-order valence-corrected chi connectivity index (χ1v) is 4.38. The number of ether oxygens (including phenoxy) is 1. The number of carbonyl (C=O) groups excluding carboxylic acids is 2. The van der Waals surface area contributed by atoms with Gasteiger partial charge in [0.15, 0.2) is 5.60 Å². The van der Waals surface area contributed by atoms with Crippen LogP contribution in [0.4, 0.5) is 22.0 Å². The zero-order chi connectivity index (χ0) is 14.8. The van der Waals surface area contributed by atoms with Crippen molar-refractivity contribution in [3.05, 3.63) is 12.2 Å². The first kappa shape index (κ1) is 16.3. The van der Waals surface area contributed by atoms with Crippen molar-refractivity contribution in [2.75, 3.05) is 0 Å². The second-order valence-electron chi connectivity index (χ2n) is 3.66. The van der Waals surface area contributed by atoms with E-state index in [-0.39, 0.29) is 12.2 Å². The Bertz CT molecular complexity index is 370. The van der Waals surface area contributed by atoms with Crippen LogP contribution in [-0.4, -0.2) is 29.6 Å². The molecule has 0 aromatic rings. The lowest BCUT2D eigenvalue weighted by Crippen LogP contribution is -2.55. The molecule has 0 N–H and O–H groups in total. The summed E-state index contributed by atoms with van der Waals surface area (Å²) in [6.07, 6.45) is -5.59. The third kappa shape index (κ3) is 3.67. The molecule has 0 aliphatic rings. The smallest absolute Gasteiger partial charge is 0.457 e. The van der Waals surface area contributed by atoms with Crippen molar-refractivity contribution in [1.82, 2.24) is 0 Å². The van der Waals surface area contributed by atoms with Gasteiger partial charge in [0.25, 0.3) is 0 Å². The minimum Gasteiger partial charge on any atom is -0.545 e. The maximum atomic E-state index is 12.9. The molecular weight excluding hydrogens is 267 g/mol. The first-order valence-electron chi connectivity index (χ1n) is 4.38. The predicted molar refractivity (Wildman–Crippen MR) is 45.3 cm³/mol. The second kappa shape index (κ2) is 4.91. The normalized spacial score (nSPS) is 13.7. The van der Waals surface area contributed by atoms with Gasteiger partial charge in [-0.1, -0.05) is 0 Å². The Hall–Kier alpha value is -1.67. The Morgan fingerprint density at radius 3 is 1.83 bits per heavy atom. The van der Waals surface area contributed by atoms with Crippen LogP contribution in [0, 0.1) is 0 Å². The van der Waals surface area contributed by atoms with Crippen molar-refractivity contribution >= 4 is 11.9 Å². The maximum Gasteiger partial charge on any atom is 0.457 e. The summed E-state index contributed by atoms with van der Waals surface area (Å²) in [4.78, 5) is 20.7. The Balaban J connectivity index is 4.97. The molecule has 9 heteroatoms. The molecule has 0 spiro atoms. The van der Waals surface area contributed by atoms with Crippen LogP contribution in [0.5, 0.6) is 0 Å². The van der Waals surface area contributed by atoms with E-state index in [4.69, 9.17) is 0 Å². The van der Waals surface area contributed by atoms with Crippen molar-refractivity contribution in [2.45, 2.75) is 31.5 Å². The molecule has 0 bridgehead atoms. The average molecular weight is 275 g/mol. The monoisotopic (exact) mass is 275 g/mol. The van der Waals surface area contributed by atoms with E-state index in [0.717, 1.165) is 0 Å². The highest BCUT2D eigenvalue weighted by Gasteiger charge is 2.68. The highest BCUT2D eigenvalue weighted by Crippen LogP contribution is 2.44. The summed E-state index contributed by atoms with van der Waals surface area (Å²) < 4.78 is 65.8. The van der Waals surface area contributed by atoms with Crippen LogP contribution < -0.4 is 5.11 Å². The van der Waals surface area contributed by atoms with Gasteiger partial charge in [0, 0.05) is 6.08 Å². The number of carbonyl (C=O) groups is 2. The summed E-state index contributed by atoms with van der Waals surface area (Å²) in [7, 11) is 0. The number of carboxylic acid groups (broad SMARTS) is 1. The molecule has 0 heterocycles. The molecule has 0 radical (unpaired) electrons. The molecule has 0 rings (SSSR count). The Morgan fingerprint density at radius 1 is 1.06 bits per heavy atom. The van der Waals surface area contributed by atoms with Gasteiger partial charge in [0.2, 0.25) is 0 Å². The largest absolute Gasteiger partial charge is 0.545 e. The third-order valence-electron chi connectivity index (χ3n) is 1.82. The number of aliphatic carboxylic acids is 1. The summed E-state index contributed by atoms with van der Waals surface area (Å²) in [5.74, 6) is -8.77.